The molecule has 3 aromatic heterocycles. The molecule has 2 N–H and O–H groups in total. The Hall–Kier alpha value is -5.76. The summed E-state index contributed by atoms with van der Waals surface area (Å²) in [6, 6.07) is 14.7. The van der Waals surface area contributed by atoms with Crippen molar-refractivity contribution in [3.8, 4) is 5.69 Å². The average Bonchev–Trinajstić information content (AvgIpc) is 3.51. The molecule has 4 heterocycles. The minimum absolute atomic E-state index is 0.124. The number of fused-ring (bicyclic) bond motifs is 2. The van der Waals surface area contributed by atoms with Crippen molar-refractivity contribution in [1.29, 1.82) is 0 Å². The van der Waals surface area contributed by atoms with E-state index in [1.807, 2.05) is 24.3 Å². The molecule has 14 heteroatoms. The number of halogens is 1. The Labute approximate surface area is 281 Å². The van der Waals surface area contributed by atoms with Crippen LogP contribution in [-0.2, 0) is 9.53 Å². The lowest BCUT2D eigenvalue weighted by Crippen LogP contribution is -2.53. The summed E-state index contributed by atoms with van der Waals surface area (Å²) in [6.45, 7) is 5.68. The molecule has 49 heavy (non-hydrogen) atoms. The predicted octanol–water partition coefficient (Wildman–Crippen LogP) is 5.26. The van der Waals surface area contributed by atoms with E-state index in [4.69, 9.17) is 14.6 Å². The van der Waals surface area contributed by atoms with Gasteiger partial charge in [-0.05, 0) is 81.0 Å². The lowest BCUT2D eigenvalue weighted by atomic mass is 10.0. The van der Waals surface area contributed by atoms with Crippen molar-refractivity contribution in [3.05, 3.63) is 90.0 Å². The molecule has 0 radical (unpaired) electrons. The summed E-state index contributed by atoms with van der Waals surface area (Å²) in [7, 11) is 0. The second-order valence-electron chi connectivity index (χ2n) is 12.2. The van der Waals surface area contributed by atoms with Crippen LogP contribution in [0.3, 0.4) is 0 Å². The second-order valence-corrected chi connectivity index (χ2v) is 12.2. The number of aromatic nitrogens is 5. The Morgan fingerprint density at radius 3 is 2.63 bits per heavy atom. The highest BCUT2D eigenvalue weighted by molar-refractivity contribution is 6.10. The first-order valence-electron chi connectivity index (χ1n) is 15.6. The van der Waals surface area contributed by atoms with Gasteiger partial charge in [0.1, 0.15) is 22.8 Å². The Balaban J connectivity index is 0.00000151. The van der Waals surface area contributed by atoms with Crippen molar-refractivity contribution >= 4 is 52.3 Å². The van der Waals surface area contributed by atoms with Crippen molar-refractivity contribution in [2.75, 3.05) is 24.6 Å². The average molecular weight is 670 g/mol. The van der Waals surface area contributed by atoms with Crippen LogP contribution in [0.1, 0.15) is 49.5 Å². The number of aliphatic hydroxyl groups excluding tert-OH is 1. The quantitative estimate of drug-likeness (QED) is 0.228. The number of carbonyl (C=O) groups excluding carboxylic acids is 2. The number of likely N-dealkylation sites (tertiary alicyclic amines) is 1. The Kier molecular flexibility index (Phi) is 10.6. The minimum Gasteiger partial charge on any atom is -0.483 e. The first kappa shape index (κ1) is 34.6. The molecule has 0 bridgehead atoms. The summed E-state index contributed by atoms with van der Waals surface area (Å²) in [6.07, 6.45) is 7.29. The zero-order valence-corrected chi connectivity index (χ0v) is 27.2. The van der Waals surface area contributed by atoms with E-state index in [0.29, 0.717) is 47.4 Å². The molecular formula is C35H36FN7O6. The normalized spacial score (nSPS) is 14.8. The van der Waals surface area contributed by atoms with Crippen molar-refractivity contribution in [3.63, 3.8) is 0 Å². The highest BCUT2D eigenvalue weighted by Gasteiger charge is 2.36. The van der Waals surface area contributed by atoms with E-state index in [0.717, 1.165) is 10.9 Å². The third-order valence-corrected chi connectivity index (χ3v) is 7.68. The number of ether oxygens (including phenoxy) is 1. The molecule has 6 rings (SSSR count). The SMILES string of the molecule is CC(C)(C)OC(=O)N1CCC[C@@H](N(C(=O)c2ccc(-n3nnc4cccnc43)cc2F)c2nccc3ccc(/C=C\CO)cc23)C1.O=CO. The number of carboxylic acid groups (broad SMARTS) is 1. The lowest BCUT2D eigenvalue weighted by molar-refractivity contribution is -0.122. The summed E-state index contributed by atoms with van der Waals surface area (Å²) < 4.78 is 23.0. The number of hydrogen-bond acceptors (Lipinski definition) is 9. The molecule has 254 valence electrons. The van der Waals surface area contributed by atoms with E-state index in [1.54, 1.807) is 68.4 Å². The summed E-state index contributed by atoms with van der Waals surface area (Å²) in [5, 5.41) is 25.9. The lowest BCUT2D eigenvalue weighted by Gasteiger charge is -2.39. The van der Waals surface area contributed by atoms with E-state index in [9.17, 15) is 14.7 Å². The molecular weight excluding hydrogens is 633 g/mol. The number of piperidine rings is 1. The fraction of sp³-hybridized carbons (Fsp3) is 0.286. The zero-order valence-electron chi connectivity index (χ0n) is 27.2. The third-order valence-electron chi connectivity index (χ3n) is 7.68. The van der Waals surface area contributed by atoms with Gasteiger partial charge in [-0.3, -0.25) is 14.5 Å². The number of rotatable bonds is 6. The summed E-state index contributed by atoms with van der Waals surface area (Å²) in [4.78, 5) is 48.0. The van der Waals surface area contributed by atoms with Crippen LogP contribution in [0.5, 0.6) is 0 Å². The van der Waals surface area contributed by atoms with Crippen molar-refractivity contribution in [1.82, 2.24) is 29.9 Å². The topological polar surface area (TPSA) is 164 Å². The molecule has 0 saturated carbocycles. The van der Waals surface area contributed by atoms with E-state index in [-0.39, 0.29) is 25.2 Å². The molecule has 5 aromatic rings. The van der Waals surface area contributed by atoms with Gasteiger partial charge in [-0.25, -0.2) is 19.2 Å². The third kappa shape index (κ3) is 7.87. The first-order valence-corrected chi connectivity index (χ1v) is 15.6. The van der Waals surface area contributed by atoms with Crippen LogP contribution in [0.4, 0.5) is 15.0 Å². The fourth-order valence-electron chi connectivity index (χ4n) is 5.63. The van der Waals surface area contributed by atoms with Crippen molar-refractivity contribution in [2.24, 2.45) is 0 Å². The summed E-state index contributed by atoms with van der Waals surface area (Å²) in [5.41, 5.74) is 1.32. The van der Waals surface area contributed by atoms with Crippen LogP contribution in [0.2, 0.25) is 0 Å². The van der Waals surface area contributed by atoms with E-state index >= 15 is 4.39 Å². The Morgan fingerprint density at radius 2 is 1.90 bits per heavy atom. The largest absolute Gasteiger partial charge is 0.483 e. The van der Waals surface area contributed by atoms with Gasteiger partial charge in [-0.1, -0.05) is 29.5 Å². The van der Waals surface area contributed by atoms with Gasteiger partial charge in [0, 0.05) is 36.9 Å². The molecule has 0 aliphatic carbocycles. The smallest absolute Gasteiger partial charge is 0.410 e. The second kappa shape index (κ2) is 15.0. The summed E-state index contributed by atoms with van der Waals surface area (Å²) >= 11 is 0. The zero-order chi connectivity index (χ0) is 35.1. The maximum atomic E-state index is 16.0. The first-order chi connectivity index (χ1) is 23.5. The molecule has 1 aliphatic rings. The Morgan fingerprint density at radius 1 is 1.10 bits per heavy atom. The molecule has 1 aliphatic heterocycles. The number of nitrogens with zero attached hydrogens (tertiary/aromatic N) is 7. The van der Waals surface area contributed by atoms with Gasteiger partial charge in [0.05, 0.1) is 23.9 Å². The molecule has 1 atom stereocenters. The molecule has 1 fully saturated rings. The van der Waals surface area contributed by atoms with E-state index < -0.39 is 29.5 Å². The molecule has 0 spiro atoms. The number of pyridine rings is 2. The van der Waals surface area contributed by atoms with E-state index in [1.165, 1.54) is 21.7 Å². The number of carbonyl (C=O) groups is 3. The molecule has 1 saturated heterocycles. The predicted molar refractivity (Wildman–Crippen MR) is 181 cm³/mol. The van der Waals surface area contributed by atoms with Gasteiger partial charge in [-0.15, -0.1) is 5.10 Å². The number of aliphatic hydroxyl groups is 1. The van der Waals surface area contributed by atoms with E-state index in [2.05, 4.69) is 20.3 Å². The molecule has 2 aromatic carbocycles. The maximum Gasteiger partial charge on any atom is 0.410 e. The van der Waals surface area contributed by atoms with Crippen LogP contribution in [0.15, 0.2) is 73.1 Å². The number of anilines is 1. The molecule has 13 nitrogen and oxygen atoms in total. The number of amides is 2. The number of benzene rings is 2. The highest BCUT2D eigenvalue weighted by Crippen LogP contribution is 2.32. The van der Waals surface area contributed by atoms with Gasteiger partial charge in [0.25, 0.3) is 12.4 Å². The minimum atomic E-state index is -0.751. The molecule has 0 unspecified atom stereocenters. The van der Waals surface area contributed by atoms with Crippen LogP contribution in [0, 0.1) is 5.82 Å². The highest BCUT2D eigenvalue weighted by atomic mass is 19.1. The fourth-order valence-corrected chi connectivity index (χ4v) is 5.63. The van der Waals surface area contributed by atoms with Crippen LogP contribution < -0.4 is 4.90 Å². The van der Waals surface area contributed by atoms with Crippen LogP contribution >= 0.6 is 0 Å². The monoisotopic (exact) mass is 669 g/mol. The van der Waals surface area contributed by atoms with Gasteiger partial charge >= 0.3 is 6.09 Å². The van der Waals surface area contributed by atoms with Gasteiger partial charge in [-0.2, -0.15) is 4.68 Å². The molecule has 2 amide bonds. The number of hydrogen-bond donors (Lipinski definition) is 2. The van der Waals surface area contributed by atoms with Crippen LogP contribution in [0.25, 0.3) is 33.7 Å². The van der Waals surface area contributed by atoms with Gasteiger partial charge < -0.3 is 19.8 Å². The Bertz CT molecular complexity index is 2010. The van der Waals surface area contributed by atoms with Gasteiger partial charge in [0.2, 0.25) is 0 Å². The van der Waals surface area contributed by atoms with Crippen molar-refractivity contribution < 1.29 is 33.7 Å². The standard InChI is InChI=1S/C34H34FN7O4.CH2O2/c1-34(2,3)46-33(45)40-17-5-8-25(21-40)41(30-27-19-22(7-6-18-43)10-11-23(27)14-16-37-30)32(44)26-13-12-24(20-28(26)35)42-31-29(38-39-42)9-4-15-36-31;2-1-3/h4,6-7,9-16,19-20,25,43H,5,8,17-18,21H2,1-3H3;1H,(H,2,3)/b7-6-;/t25-;/m1./s1. The maximum absolute atomic E-state index is 16.0. The van der Waals surface area contributed by atoms with Crippen LogP contribution in [-0.4, -0.2) is 89.9 Å². The summed E-state index contributed by atoms with van der Waals surface area (Å²) in [5.74, 6) is -1.01. The van der Waals surface area contributed by atoms with Crippen molar-refractivity contribution in [2.45, 2.75) is 45.3 Å². The van der Waals surface area contributed by atoms with Gasteiger partial charge in [0.15, 0.2) is 5.65 Å².